The van der Waals surface area contributed by atoms with Crippen LogP contribution >= 0.6 is 0 Å². The van der Waals surface area contributed by atoms with Gasteiger partial charge in [0.05, 0.1) is 11.4 Å². The molecule has 7 nitrogen and oxygen atoms in total. The number of hydrogen-bond acceptors (Lipinski definition) is 4. The van der Waals surface area contributed by atoms with E-state index in [1.807, 2.05) is 44.2 Å². The van der Waals surface area contributed by atoms with Crippen LogP contribution in [0.1, 0.15) is 57.6 Å². The van der Waals surface area contributed by atoms with E-state index in [4.69, 9.17) is 0 Å². The van der Waals surface area contributed by atoms with Gasteiger partial charge in [-0.15, -0.1) is 0 Å². The predicted octanol–water partition coefficient (Wildman–Crippen LogP) is 4.36. The molecule has 1 aliphatic carbocycles. The largest absolute Gasteiger partial charge is 0.433 e. The number of alkyl halides is 3. The van der Waals surface area contributed by atoms with Crippen LogP contribution in [0.4, 0.5) is 13.2 Å². The number of aryl methyl sites for hydroxylation is 1. The molecule has 1 aromatic carbocycles. The SMILES string of the molecule is Cc1nn(-c2ccccc2)c(C)c1CNC(=O)c1cc2nc(C3CC3)cc(C(F)(F)F)n2n1. The van der Waals surface area contributed by atoms with Gasteiger partial charge in [-0.05, 0) is 44.9 Å². The van der Waals surface area contributed by atoms with Crippen LogP contribution in [0, 0.1) is 13.8 Å². The molecule has 0 bridgehead atoms. The highest BCUT2D eigenvalue weighted by molar-refractivity contribution is 5.93. The molecule has 1 aliphatic rings. The first-order chi connectivity index (χ1) is 15.7. The maximum atomic E-state index is 13.6. The third kappa shape index (κ3) is 3.96. The molecule has 1 saturated carbocycles. The standard InChI is InChI=1S/C23H21F3N6O/c1-13-17(14(2)31(29-13)16-6-4-3-5-7-16)12-27-22(33)19-11-21-28-18(15-8-9-15)10-20(23(24,25)26)32(21)30-19/h3-7,10-11,15H,8-9,12H2,1-2H3,(H,27,33). The fourth-order valence-corrected chi connectivity index (χ4v) is 3.91. The van der Waals surface area contributed by atoms with Gasteiger partial charge in [-0.25, -0.2) is 14.2 Å². The van der Waals surface area contributed by atoms with Gasteiger partial charge in [0.2, 0.25) is 0 Å². The number of halogens is 3. The first kappa shape index (κ1) is 21.2. The Morgan fingerprint density at radius 1 is 1.12 bits per heavy atom. The minimum atomic E-state index is -4.61. The van der Waals surface area contributed by atoms with Gasteiger partial charge in [-0.3, -0.25) is 4.79 Å². The van der Waals surface area contributed by atoms with E-state index in [2.05, 4.69) is 20.5 Å². The number of aromatic nitrogens is 5. The zero-order chi connectivity index (χ0) is 23.3. The quantitative estimate of drug-likeness (QED) is 0.486. The number of hydrogen-bond donors (Lipinski definition) is 1. The van der Waals surface area contributed by atoms with Gasteiger partial charge in [0.25, 0.3) is 5.91 Å². The van der Waals surface area contributed by atoms with Crippen molar-refractivity contribution in [2.45, 2.75) is 45.3 Å². The molecule has 3 aromatic heterocycles. The molecule has 0 atom stereocenters. The van der Waals surface area contributed by atoms with E-state index in [1.54, 1.807) is 4.68 Å². The average molecular weight is 454 g/mol. The fourth-order valence-electron chi connectivity index (χ4n) is 3.91. The molecule has 170 valence electrons. The van der Waals surface area contributed by atoms with Crippen molar-refractivity contribution in [3.05, 3.63) is 76.5 Å². The van der Waals surface area contributed by atoms with Crippen LogP contribution in [0.15, 0.2) is 42.5 Å². The van der Waals surface area contributed by atoms with E-state index in [9.17, 15) is 18.0 Å². The summed E-state index contributed by atoms with van der Waals surface area (Å²) in [4.78, 5) is 17.1. The minimum Gasteiger partial charge on any atom is -0.346 e. The predicted molar refractivity (Wildman–Crippen MR) is 114 cm³/mol. The Morgan fingerprint density at radius 3 is 2.52 bits per heavy atom. The molecule has 0 aliphatic heterocycles. The monoisotopic (exact) mass is 454 g/mol. The van der Waals surface area contributed by atoms with E-state index in [0.29, 0.717) is 10.2 Å². The summed E-state index contributed by atoms with van der Waals surface area (Å²) in [6, 6.07) is 11.9. The van der Waals surface area contributed by atoms with Gasteiger partial charge in [0.1, 0.15) is 5.69 Å². The average Bonchev–Trinajstić information content (AvgIpc) is 3.48. The molecule has 1 amide bonds. The summed E-state index contributed by atoms with van der Waals surface area (Å²) < 4.78 is 43.3. The Kier molecular flexibility index (Phi) is 4.95. The van der Waals surface area contributed by atoms with Gasteiger partial charge < -0.3 is 5.32 Å². The Bertz CT molecular complexity index is 1350. The van der Waals surface area contributed by atoms with E-state index < -0.39 is 17.8 Å². The highest BCUT2D eigenvalue weighted by Gasteiger charge is 2.37. The molecule has 3 heterocycles. The molecular formula is C23H21F3N6O. The van der Waals surface area contributed by atoms with Gasteiger partial charge in [-0.2, -0.15) is 23.4 Å². The summed E-state index contributed by atoms with van der Waals surface area (Å²) in [6.07, 6.45) is -2.97. The molecule has 0 unspecified atom stereocenters. The second-order valence-corrected chi connectivity index (χ2v) is 8.22. The van der Waals surface area contributed by atoms with Crippen LogP contribution in [0.3, 0.4) is 0 Å². The summed E-state index contributed by atoms with van der Waals surface area (Å²) >= 11 is 0. The Morgan fingerprint density at radius 2 is 1.85 bits per heavy atom. The normalized spacial score (nSPS) is 14.1. The van der Waals surface area contributed by atoms with Crippen molar-refractivity contribution in [1.82, 2.24) is 29.7 Å². The Labute approximate surface area is 187 Å². The molecule has 33 heavy (non-hydrogen) atoms. The second kappa shape index (κ2) is 7.72. The van der Waals surface area contributed by atoms with Crippen LogP contribution in [0.2, 0.25) is 0 Å². The molecule has 0 saturated heterocycles. The number of carbonyl (C=O) groups is 1. The van der Waals surface area contributed by atoms with Crippen molar-refractivity contribution < 1.29 is 18.0 Å². The van der Waals surface area contributed by atoms with Crippen molar-refractivity contribution in [2.24, 2.45) is 0 Å². The molecule has 10 heteroatoms. The summed E-state index contributed by atoms with van der Waals surface area (Å²) in [5.41, 5.74) is 2.71. The molecular weight excluding hydrogens is 433 g/mol. The summed E-state index contributed by atoms with van der Waals surface area (Å²) in [6.45, 7) is 3.92. The Hall–Kier alpha value is -3.69. The maximum absolute atomic E-state index is 13.6. The lowest BCUT2D eigenvalue weighted by molar-refractivity contribution is -0.142. The molecule has 4 aromatic rings. The molecule has 0 spiro atoms. The van der Waals surface area contributed by atoms with E-state index >= 15 is 0 Å². The van der Waals surface area contributed by atoms with Crippen molar-refractivity contribution in [1.29, 1.82) is 0 Å². The number of amides is 1. The lowest BCUT2D eigenvalue weighted by atomic mass is 10.2. The molecule has 5 rings (SSSR count). The number of fused-ring (bicyclic) bond motifs is 1. The van der Waals surface area contributed by atoms with Crippen molar-refractivity contribution >= 4 is 11.6 Å². The number of rotatable bonds is 5. The number of nitrogens with zero attached hydrogens (tertiary/aromatic N) is 5. The highest BCUT2D eigenvalue weighted by atomic mass is 19.4. The lowest BCUT2D eigenvalue weighted by Crippen LogP contribution is -2.24. The van der Waals surface area contributed by atoms with Gasteiger partial charge >= 0.3 is 6.18 Å². The first-order valence-electron chi connectivity index (χ1n) is 10.6. The number of para-hydroxylation sites is 1. The van der Waals surface area contributed by atoms with Crippen molar-refractivity contribution in [3.63, 3.8) is 0 Å². The van der Waals surface area contributed by atoms with Crippen LogP contribution in [0.5, 0.6) is 0 Å². The van der Waals surface area contributed by atoms with Crippen LogP contribution in [-0.2, 0) is 12.7 Å². The summed E-state index contributed by atoms with van der Waals surface area (Å²) in [7, 11) is 0. The summed E-state index contributed by atoms with van der Waals surface area (Å²) in [5.74, 6) is -0.539. The van der Waals surface area contributed by atoms with Crippen LogP contribution < -0.4 is 5.32 Å². The third-order valence-electron chi connectivity index (χ3n) is 5.83. The smallest absolute Gasteiger partial charge is 0.346 e. The fraction of sp³-hybridized carbons (Fsp3) is 0.304. The van der Waals surface area contributed by atoms with E-state index in [1.165, 1.54) is 6.07 Å². The zero-order valence-corrected chi connectivity index (χ0v) is 18.0. The number of nitrogens with one attached hydrogen (secondary N) is 1. The van der Waals surface area contributed by atoms with E-state index in [-0.39, 0.29) is 23.8 Å². The maximum Gasteiger partial charge on any atom is 0.433 e. The van der Waals surface area contributed by atoms with E-state index in [0.717, 1.165) is 41.5 Å². The molecule has 0 radical (unpaired) electrons. The molecule has 1 fully saturated rings. The Balaban J connectivity index is 1.41. The minimum absolute atomic E-state index is 0.0149. The number of benzene rings is 1. The molecule has 1 N–H and O–H groups in total. The number of carbonyl (C=O) groups excluding carboxylic acids is 1. The van der Waals surface area contributed by atoms with Crippen LogP contribution in [-0.4, -0.2) is 30.3 Å². The van der Waals surface area contributed by atoms with Gasteiger partial charge in [0.15, 0.2) is 11.3 Å². The van der Waals surface area contributed by atoms with Gasteiger partial charge in [-0.1, -0.05) is 18.2 Å². The van der Waals surface area contributed by atoms with Crippen molar-refractivity contribution in [3.8, 4) is 5.69 Å². The third-order valence-corrected chi connectivity index (χ3v) is 5.83. The second-order valence-electron chi connectivity index (χ2n) is 8.22. The first-order valence-corrected chi connectivity index (χ1v) is 10.6. The zero-order valence-electron chi connectivity index (χ0n) is 18.0. The summed E-state index contributed by atoms with van der Waals surface area (Å²) in [5, 5.41) is 11.2. The van der Waals surface area contributed by atoms with Gasteiger partial charge in [0, 0.05) is 35.5 Å². The lowest BCUT2D eigenvalue weighted by Gasteiger charge is -2.10. The highest BCUT2D eigenvalue weighted by Crippen LogP contribution is 2.41. The van der Waals surface area contributed by atoms with Crippen LogP contribution in [0.25, 0.3) is 11.3 Å². The van der Waals surface area contributed by atoms with Crippen molar-refractivity contribution in [2.75, 3.05) is 0 Å². The topological polar surface area (TPSA) is 77.1 Å².